The average molecular weight is 629 g/mol. The van der Waals surface area contributed by atoms with Crippen LogP contribution in [0.2, 0.25) is 0 Å². The van der Waals surface area contributed by atoms with E-state index in [-0.39, 0.29) is 11.8 Å². The first-order valence-corrected chi connectivity index (χ1v) is 15.7. The third-order valence-electron chi connectivity index (χ3n) is 8.05. The summed E-state index contributed by atoms with van der Waals surface area (Å²) in [6.07, 6.45) is 1.77. The van der Waals surface area contributed by atoms with E-state index in [1.165, 1.54) is 0 Å². The average Bonchev–Trinajstić information content (AvgIpc) is 3.12. The van der Waals surface area contributed by atoms with Crippen LogP contribution in [0.5, 0.6) is 0 Å². The lowest BCUT2D eigenvalue weighted by molar-refractivity contribution is 0.101. The van der Waals surface area contributed by atoms with Gasteiger partial charge in [-0.3, -0.25) is 19.5 Å². The van der Waals surface area contributed by atoms with Crippen LogP contribution in [0.3, 0.4) is 0 Å². The normalized spacial score (nSPS) is 11.1. The molecule has 3 heterocycles. The molecule has 0 aliphatic heterocycles. The molecule has 2 N–H and O–H groups in total. The Morgan fingerprint density at radius 2 is 0.917 bits per heavy atom. The van der Waals surface area contributed by atoms with E-state index in [0.29, 0.717) is 42.4 Å². The van der Waals surface area contributed by atoms with Crippen LogP contribution in [0.25, 0.3) is 21.5 Å². The fourth-order valence-electron chi connectivity index (χ4n) is 5.84. The number of carbonyl (C=O) groups is 2. The molecule has 7 rings (SSSR count). The molecule has 0 aliphatic rings. The molecule has 0 atom stereocenters. The van der Waals surface area contributed by atoms with Crippen LogP contribution < -0.4 is 10.6 Å². The number of aromatic nitrogens is 3. The molecule has 8 nitrogen and oxygen atoms in total. The minimum atomic E-state index is -0.214. The Morgan fingerprint density at radius 1 is 0.479 bits per heavy atom. The van der Waals surface area contributed by atoms with Crippen molar-refractivity contribution in [1.82, 2.24) is 19.9 Å². The van der Waals surface area contributed by atoms with Crippen LogP contribution in [-0.2, 0) is 19.6 Å². The molecule has 0 spiro atoms. The Balaban J connectivity index is 1.09. The Kier molecular flexibility index (Phi) is 8.89. The summed E-state index contributed by atoms with van der Waals surface area (Å²) in [7, 11) is 0. The van der Waals surface area contributed by atoms with E-state index >= 15 is 0 Å². The number of amides is 2. The van der Waals surface area contributed by atoms with Gasteiger partial charge in [0.05, 0.1) is 17.1 Å². The first kappa shape index (κ1) is 30.4. The lowest BCUT2D eigenvalue weighted by Crippen LogP contribution is -2.24. The molecule has 0 fully saturated rings. The zero-order valence-electron chi connectivity index (χ0n) is 26.1. The molecular formula is C40H32N6O2. The van der Waals surface area contributed by atoms with E-state index in [4.69, 9.17) is 9.97 Å². The van der Waals surface area contributed by atoms with E-state index in [0.717, 1.165) is 38.6 Å². The van der Waals surface area contributed by atoms with Gasteiger partial charge in [-0.25, -0.2) is 9.97 Å². The summed E-state index contributed by atoms with van der Waals surface area (Å²) >= 11 is 0. The van der Waals surface area contributed by atoms with Gasteiger partial charge in [-0.15, -0.1) is 0 Å². The van der Waals surface area contributed by atoms with Crippen molar-refractivity contribution in [2.24, 2.45) is 0 Å². The number of hydrogen-bond acceptors (Lipinski definition) is 6. The molecule has 2 amide bonds. The Morgan fingerprint density at radius 3 is 1.44 bits per heavy atom. The van der Waals surface area contributed by atoms with E-state index in [9.17, 15) is 9.59 Å². The van der Waals surface area contributed by atoms with Gasteiger partial charge in [0.15, 0.2) is 0 Å². The van der Waals surface area contributed by atoms with Crippen LogP contribution in [0.4, 0.5) is 11.6 Å². The Labute approximate surface area is 278 Å². The van der Waals surface area contributed by atoms with Crippen molar-refractivity contribution in [2.75, 3.05) is 10.6 Å². The van der Waals surface area contributed by atoms with Gasteiger partial charge >= 0.3 is 0 Å². The topological polar surface area (TPSA) is 100 Å². The second kappa shape index (κ2) is 14.0. The maximum Gasteiger partial charge on any atom is 0.257 e. The molecule has 0 aliphatic carbocycles. The van der Waals surface area contributed by atoms with Crippen molar-refractivity contribution < 1.29 is 9.59 Å². The number of nitrogens with one attached hydrogen (secondary N) is 2. The monoisotopic (exact) mass is 628 g/mol. The molecule has 3 aromatic heterocycles. The number of benzene rings is 4. The molecule has 0 saturated heterocycles. The highest BCUT2D eigenvalue weighted by atomic mass is 16.2. The highest BCUT2D eigenvalue weighted by Gasteiger charge is 2.15. The van der Waals surface area contributed by atoms with Gasteiger partial charge in [0, 0.05) is 37.0 Å². The Hall–Kier alpha value is -6.25. The number of rotatable bonds is 10. The van der Waals surface area contributed by atoms with E-state index < -0.39 is 0 Å². The predicted molar refractivity (Wildman–Crippen MR) is 189 cm³/mol. The number of anilines is 2. The molecule has 7 aromatic rings. The van der Waals surface area contributed by atoms with Crippen molar-refractivity contribution in [1.29, 1.82) is 0 Å². The van der Waals surface area contributed by atoms with Gasteiger partial charge in [0.2, 0.25) is 0 Å². The molecule has 48 heavy (non-hydrogen) atoms. The largest absolute Gasteiger partial charge is 0.307 e. The molecule has 0 unspecified atom stereocenters. The van der Waals surface area contributed by atoms with Crippen molar-refractivity contribution in [3.63, 3.8) is 0 Å². The molecule has 234 valence electrons. The van der Waals surface area contributed by atoms with Crippen molar-refractivity contribution in [3.05, 3.63) is 174 Å². The minimum absolute atomic E-state index is 0.214. The van der Waals surface area contributed by atoms with Crippen LogP contribution >= 0.6 is 0 Å². The van der Waals surface area contributed by atoms with Crippen molar-refractivity contribution >= 4 is 45.0 Å². The van der Waals surface area contributed by atoms with Crippen LogP contribution in [0.15, 0.2) is 146 Å². The molecule has 0 bridgehead atoms. The second-order valence-corrected chi connectivity index (χ2v) is 11.5. The number of carbonyl (C=O) groups excluding carboxylic acids is 2. The minimum Gasteiger partial charge on any atom is -0.307 e. The number of nitrogens with zero attached hydrogens (tertiary/aromatic N) is 4. The first-order chi connectivity index (χ1) is 23.6. The smallest absolute Gasteiger partial charge is 0.257 e. The quantitative estimate of drug-likeness (QED) is 0.160. The summed E-state index contributed by atoms with van der Waals surface area (Å²) in [5.74, 6) is 0.515. The number of fused-ring (bicyclic) bond motifs is 2. The summed E-state index contributed by atoms with van der Waals surface area (Å²) in [5.41, 5.74) is 3.65. The highest BCUT2D eigenvalue weighted by Crippen LogP contribution is 2.22. The molecule has 0 radical (unpaired) electrons. The van der Waals surface area contributed by atoms with E-state index in [1.54, 1.807) is 18.3 Å². The second-order valence-electron chi connectivity index (χ2n) is 11.5. The van der Waals surface area contributed by atoms with Crippen LogP contribution in [0.1, 0.15) is 37.8 Å². The van der Waals surface area contributed by atoms with Gasteiger partial charge in [-0.1, -0.05) is 91.0 Å². The number of hydrogen-bond donors (Lipinski definition) is 2. The van der Waals surface area contributed by atoms with E-state index in [2.05, 4.69) is 20.5 Å². The summed E-state index contributed by atoms with van der Waals surface area (Å²) in [6.45, 7) is 1.50. The third kappa shape index (κ3) is 7.09. The molecule has 4 aromatic carbocycles. The molecule has 8 heteroatoms. The van der Waals surface area contributed by atoms with Gasteiger partial charge in [-0.05, 0) is 70.1 Å². The molecular weight excluding hydrogens is 596 g/mol. The van der Waals surface area contributed by atoms with Gasteiger partial charge in [0.1, 0.15) is 11.6 Å². The third-order valence-corrected chi connectivity index (χ3v) is 8.05. The van der Waals surface area contributed by atoms with Gasteiger partial charge in [-0.2, -0.15) is 0 Å². The van der Waals surface area contributed by atoms with Crippen LogP contribution in [-0.4, -0.2) is 31.7 Å². The maximum absolute atomic E-state index is 13.3. The fourth-order valence-corrected chi connectivity index (χ4v) is 5.84. The lowest BCUT2D eigenvalue weighted by Gasteiger charge is -2.22. The van der Waals surface area contributed by atoms with Gasteiger partial charge < -0.3 is 10.6 Å². The predicted octanol–water partition coefficient (Wildman–Crippen LogP) is 7.89. The van der Waals surface area contributed by atoms with E-state index in [1.807, 2.05) is 127 Å². The van der Waals surface area contributed by atoms with Crippen LogP contribution in [0, 0.1) is 0 Å². The highest BCUT2D eigenvalue weighted by molar-refractivity contribution is 6.13. The zero-order chi connectivity index (χ0) is 32.7. The summed E-state index contributed by atoms with van der Waals surface area (Å²) in [4.78, 5) is 42.9. The summed E-state index contributed by atoms with van der Waals surface area (Å²) in [5, 5.41) is 9.74. The summed E-state index contributed by atoms with van der Waals surface area (Å²) in [6, 6.07) is 44.1. The molecule has 0 saturated carbocycles. The SMILES string of the molecule is O=C(Nc1cccc(CN(Cc2ccccn2)Cc2cccc(NC(=O)c3cccc4ccccc34)n2)n1)c1cccc2ccccc12. The standard InChI is InChI=1S/C40H32N6O2/c47-39(35-20-7-13-28-11-1-3-18-33(28)35)44-37-22-9-16-31(42-37)26-46(25-30-15-5-6-24-41-30)27-32-17-10-23-38(43-32)45-40(48)36-21-8-14-29-12-2-4-19-34(29)36/h1-24H,25-27H2,(H,42,44,47)(H,43,45,48). The van der Waals surface area contributed by atoms with Crippen molar-refractivity contribution in [3.8, 4) is 0 Å². The van der Waals surface area contributed by atoms with Crippen molar-refractivity contribution in [2.45, 2.75) is 19.6 Å². The lowest BCUT2D eigenvalue weighted by atomic mass is 10.0. The number of pyridine rings is 3. The summed E-state index contributed by atoms with van der Waals surface area (Å²) < 4.78 is 0. The zero-order valence-corrected chi connectivity index (χ0v) is 26.1. The maximum atomic E-state index is 13.3. The first-order valence-electron chi connectivity index (χ1n) is 15.7. The Bertz CT molecular complexity index is 2090. The fraction of sp³-hybridized carbons (Fsp3) is 0.0750. The van der Waals surface area contributed by atoms with Gasteiger partial charge in [0.25, 0.3) is 11.8 Å².